The van der Waals surface area contributed by atoms with Crippen LogP contribution in [-0.2, 0) is 28.2 Å². The summed E-state index contributed by atoms with van der Waals surface area (Å²) >= 11 is 0. The summed E-state index contributed by atoms with van der Waals surface area (Å²) < 4.78 is 25.0. The lowest BCUT2D eigenvalue weighted by molar-refractivity contribution is -0.159. The third-order valence-corrected chi connectivity index (χ3v) is 13.7. The van der Waals surface area contributed by atoms with Crippen molar-refractivity contribution in [3.8, 4) is 0 Å². The van der Waals surface area contributed by atoms with Crippen molar-refractivity contribution in [3.63, 3.8) is 0 Å². The topological polar surface area (TPSA) is 74.4 Å². The van der Waals surface area contributed by atoms with E-state index in [0.29, 0.717) is 6.61 Å². The van der Waals surface area contributed by atoms with Gasteiger partial charge in [0.05, 0.1) is 18.9 Å². The van der Waals surface area contributed by atoms with Gasteiger partial charge in [-0.05, 0) is 22.3 Å². The second-order valence-corrected chi connectivity index (χ2v) is 15.8. The fourth-order valence-corrected chi connectivity index (χ4v) is 11.6. The van der Waals surface area contributed by atoms with Crippen molar-refractivity contribution in [2.24, 2.45) is 11.8 Å². The smallest absolute Gasteiger partial charge is 0.309 e. The van der Waals surface area contributed by atoms with Crippen molar-refractivity contribution in [2.45, 2.75) is 62.6 Å². The number of ketones is 1. The number of hydrogen-bond donors (Lipinski definition) is 0. The van der Waals surface area contributed by atoms with E-state index in [4.69, 9.17) is 18.6 Å². The quantitative estimate of drug-likeness (QED) is 0.363. The maximum atomic E-state index is 13.8. The monoisotopic (exact) mass is 492 g/mol. The van der Waals surface area contributed by atoms with Crippen LogP contribution >= 0.6 is 0 Å². The zero-order chi connectivity index (χ0) is 24.6. The molecule has 3 aliphatic heterocycles. The Hall–Kier alpha value is -2.32. The third-order valence-electron chi connectivity index (χ3n) is 8.69. The molecule has 7 heteroatoms. The maximum Gasteiger partial charge on any atom is 0.309 e. The highest BCUT2D eigenvalue weighted by atomic mass is 28.4. The van der Waals surface area contributed by atoms with Crippen LogP contribution in [0.3, 0.4) is 0 Å². The Morgan fingerprint density at radius 1 is 1.00 bits per heavy atom. The molecule has 4 aliphatic rings. The standard InChI is InChI=1S/C28H32O6Si/c1-26(2,3)35(18-11-7-5-8-12-18,19-13-9-6-10-14-19)32-16-20-21-17-31-22-15-23(29)33-25(22)28(21)27(4,34-28)24(20)30/h5-14,20-22,25H,15-17H2,1-4H3/t20-,21+,22+,25-,27+,28+/m1/s1. The van der Waals surface area contributed by atoms with Gasteiger partial charge in [-0.2, -0.15) is 0 Å². The first kappa shape index (κ1) is 23.1. The van der Waals surface area contributed by atoms with E-state index in [1.165, 1.54) is 10.4 Å². The number of hydrogen-bond acceptors (Lipinski definition) is 6. The number of ether oxygens (including phenoxy) is 3. The second kappa shape index (κ2) is 7.59. The number of carbonyl (C=O) groups is 2. The third kappa shape index (κ3) is 2.98. The van der Waals surface area contributed by atoms with Gasteiger partial charge in [0.2, 0.25) is 0 Å². The molecule has 184 valence electrons. The van der Waals surface area contributed by atoms with E-state index < -0.39 is 25.6 Å². The van der Waals surface area contributed by atoms with Crippen molar-refractivity contribution in [1.29, 1.82) is 0 Å². The van der Waals surface area contributed by atoms with Gasteiger partial charge in [0.25, 0.3) is 8.32 Å². The van der Waals surface area contributed by atoms with Gasteiger partial charge >= 0.3 is 5.97 Å². The maximum absolute atomic E-state index is 13.8. The largest absolute Gasteiger partial charge is 0.456 e. The number of esters is 1. The molecule has 0 amide bonds. The van der Waals surface area contributed by atoms with Crippen LogP contribution in [-0.4, -0.2) is 56.7 Å². The molecule has 0 bridgehead atoms. The van der Waals surface area contributed by atoms with Gasteiger partial charge in [-0.15, -0.1) is 0 Å². The minimum absolute atomic E-state index is 0.0348. The Morgan fingerprint density at radius 2 is 1.60 bits per heavy atom. The number of rotatable bonds is 5. The summed E-state index contributed by atoms with van der Waals surface area (Å²) in [7, 11) is -2.79. The fraction of sp³-hybridized carbons (Fsp3) is 0.500. The van der Waals surface area contributed by atoms with E-state index in [9.17, 15) is 9.59 Å². The first-order valence-electron chi connectivity index (χ1n) is 12.5. The summed E-state index contributed by atoms with van der Waals surface area (Å²) in [4.78, 5) is 25.8. The minimum atomic E-state index is -2.79. The van der Waals surface area contributed by atoms with Gasteiger partial charge in [-0.3, -0.25) is 9.59 Å². The number of Topliss-reactive ketones (excluding diaryl/α,β-unsaturated/α-hetero) is 1. The lowest BCUT2D eigenvalue weighted by Gasteiger charge is -2.44. The summed E-state index contributed by atoms with van der Waals surface area (Å²) in [5, 5.41) is 2.17. The van der Waals surface area contributed by atoms with Crippen molar-refractivity contribution in [1.82, 2.24) is 0 Å². The highest BCUT2D eigenvalue weighted by molar-refractivity contribution is 6.99. The molecule has 4 fully saturated rings. The molecule has 6 atom stereocenters. The van der Waals surface area contributed by atoms with Gasteiger partial charge in [0.1, 0.15) is 6.10 Å². The van der Waals surface area contributed by atoms with Crippen LogP contribution in [0.25, 0.3) is 0 Å². The molecule has 6 nitrogen and oxygen atoms in total. The van der Waals surface area contributed by atoms with Gasteiger partial charge in [-0.25, -0.2) is 0 Å². The van der Waals surface area contributed by atoms with Crippen molar-refractivity contribution in [2.75, 3.05) is 13.2 Å². The Bertz CT molecular complexity index is 1120. The molecular formula is C28H32O6Si. The molecule has 0 N–H and O–H groups in total. The van der Waals surface area contributed by atoms with Crippen LogP contribution in [0.4, 0.5) is 0 Å². The molecule has 0 aromatic heterocycles. The molecule has 0 unspecified atom stereocenters. The average molecular weight is 493 g/mol. The normalized spacial score (nSPS) is 35.8. The molecule has 0 radical (unpaired) electrons. The fourth-order valence-electron chi connectivity index (χ4n) is 7.04. The summed E-state index contributed by atoms with van der Waals surface area (Å²) in [6, 6.07) is 20.9. The molecule has 3 heterocycles. The van der Waals surface area contributed by atoms with Gasteiger partial charge in [0, 0.05) is 12.5 Å². The first-order chi connectivity index (χ1) is 16.6. The van der Waals surface area contributed by atoms with Gasteiger partial charge < -0.3 is 18.6 Å². The van der Waals surface area contributed by atoms with E-state index >= 15 is 0 Å². The highest BCUT2D eigenvalue weighted by Gasteiger charge is 2.88. The molecule has 3 saturated heterocycles. The van der Waals surface area contributed by atoms with E-state index in [2.05, 4.69) is 69.3 Å². The van der Waals surface area contributed by atoms with Crippen molar-refractivity contribution >= 4 is 30.4 Å². The molecule has 2 aromatic rings. The second-order valence-electron chi connectivity index (χ2n) is 11.5. The van der Waals surface area contributed by atoms with Gasteiger partial charge in [0.15, 0.2) is 23.1 Å². The van der Waals surface area contributed by atoms with Crippen LogP contribution in [0.1, 0.15) is 34.1 Å². The minimum Gasteiger partial charge on any atom is -0.456 e. The predicted octanol–water partition coefficient (Wildman–Crippen LogP) is 2.62. The molecule has 1 aliphatic carbocycles. The van der Waals surface area contributed by atoms with Crippen LogP contribution in [0, 0.1) is 11.8 Å². The number of fused-ring (bicyclic) bond motifs is 1. The number of benzene rings is 2. The van der Waals surface area contributed by atoms with Crippen LogP contribution in [0.15, 0.2) is 60.7 Å². The zero-order valence-corrected chi connectivity index (χ0v) is 21.7. The van der Waals surface area contributed by atoms with Crippen LogP contribution in [0.5, 0.6) is 0 Å². The molecule has 2 aromatic carbocycles. The van der Waals surface area contributed by atoms with Crippen molar-refractivity contribution in [3.05, 3.63) is 60.7 Å². The molecule has 35 heavy (non-hydrogen) atoms. The molecule has 6 rings (SSSR count). The Balaban J connectivity index is 1.38. The Morgan fingerprint density at radius 3 is 2.17 bits per heavy atom. The summed E-state index contributed by atoms with van der Waals surface area (Å²) in [6.45, 7) is 9.18. The lowest BCUT2D eigenvalue weighted by atomic mass is 9.79. The number of epoxide rings is 1. The number of carbonyl (C=O) groups excluding carboxylic acids is 2. The summed E-state index contributed by atoms with van der Waals surface area (Å²) in [6.07, 6.45) is -0.652. The molecular weight excluding hydrogens is 460 g/mol. The molecule has 1 saturated carbocycles. The predicted molar refractivity (Wildman–Crippen MR) is 132 cm³/mol. The SMILES string of the molecule is CC(C)(C)[Si](OC[C@H]1C(=O)[C@]2(C)O[C@@]23[C@@H]2OC(=O)C[C@@H]2OC[C@@H]13)(c1ccccc1)c1ccccc1. The summed E-state index contributed by atoms with van der Waals surface area (Å²) in [5.41, 5.74) is -1.74. The average Bonchev–Trinajstić information content (AvgIpc) is 3.18. The molecule has 1 spiro atoms. The van der Waals surface area contributed by atoms with Crippen molar-refractivity contribution < 1.29 is 28.2 Å². The van der Waals surface area contributed by atoms with E-state index in [1.807, 2.05) is 19.1 Å². The Labute approximate surface area is 207 Å². The first-order valence-corrected chi connectivity index (χ1v) is 14.4. The zero-order valence-electron chi connectivity index (χ0n) is 20.7. The van der Waals surface area contributed by atoms with E-state index in [0.717, 1.165) is 0 Å². The Kier molecular flexibility index (Phi) is 5.01. The van der Waals surface area contributed by atoms with Gasteiger partial charge in [-0.1, -0.05) is 81.4 Å². The van der Waals surface area contributed by atoms with E-state index in [1.54, 1.807) is 0 Å². The summed E-state index contributed by atoms with van der Waals surface area (Å²) in [5.74, 6) is -0.832. The lowest BCUT2D eigenvalue weighted by Crippen LogP contribution is -2.67. The van der Waals surface area contributed by atoms with Crippen LogP contribution in [0.2, 0.25) is 5.04 Å². The highest BCUT2D eigenvalue weighted by Crippen LogP contribution is 2.67. The van der Waals surface area contributed by atoms with Crippen LogP contribution < -0.4 is 10.4 Å². The van der Waals surface area contributed by atoms with E-state index in [-0.39, 0.29) is 47.8 Å².